The number of sulfone groups is 1. The summed E-state index contributed by atoms with van der Waals surface area (Å²) in [5.41, 5.74) is 3.18. The van der Waals surface area contributed by atoms with Crippen molar-refractivity contribution in [1.29, 1.82) is 0 Å². The van der Waals surface area contributed by atoms with Gasteiger partial charge in [0.25, 0.3) is 0 Å². The highest BCUT2D eigenvalue weighted by Crippen LogP contribution is 2.16. The van der Waals surface area contributed by atoms with Gasteiger partial charge in [-0.05, 0) is 6.92 Å². The number of hydrogen-bond acceptors (Lipinski definition) is 7. The molecular weight excluding hydrogens is 230 g/mol. The summed E-state index contributed by atoms with van der Waals surface area (Å²) in [6.07, 6.45) is 2.54. The molecule has 0 saturated heterocycles. The summed E-state index contributed by atoms with van der Waals surface area (Å²) >= 11 is 0. The third kappa shape index (κ3) is 3.63. The highest BCUT2D eigenvalue weighted by Gasteiger charge is 2.06. The van der Waals surface area contributed by atoms with Crippen LogP contribution in [0.25, 0.3) is 0 Å². The fourth-order valence-corrected chi connectivity index (χ4v) is 1.60. The molecule has 0 amide bonds. The molecule has 0 aliphatic carbocycles. The minimum atomic E-state index is -2.97. The molecule has 1 rings (SSSR count). The number of hydrogen-bond donors (Lipinski definition) is 3. The van der Waals surface area contributed by atoms with Crippen LogP contribution in [0.15, 0.2) is 6.33 Å². The maximum absolute atomic E-state index is 10.9. The Morgan fingerprint density at radius 3 is 2.56 bits per heavy atom. The number of aromatic nitrogens is 2. The predicted octanol–water partition coefficient (Wildman–Crippen LogP) is -0.473. The van der Waals surface area contributed by atoms with Crippen molar-refractivity contribution >= 4 is 21.5 Å². The van der Waals surface area contributed by atoms with E-state index in [4.69, 9.17) is 5.84 Å². The summed E-state index contributed by atoms with van der Waals surface area (Å²) in [6, 6.07) is 0. The van der Waals surface area contributed by atoms with Gasteiger partial charge in [-0.3, -0.25) is 0 Å². The Hall–Kier alpha value is -1.41. The van der Waals surface area contributed by atoms with E-state index in [0.717, 1.165) is 5.56 Å². The van der Waals surface area contributed by atoms with Gasteiger partial charge in [0.15, 0.2) is 0 Å². The molecule has 0 spiro atoms. The minimum absolute atomic E-state index is 0.0574. The number of hydrazine groups is 1. The molecule has 0 fully saturated rings. The summed E-state index contributed by atoms with van der Waals surface area (Å²) < 4.78 is 21.8. The van der Waals surface area contributed by atoms with E-state index in [1.807, 2.05) is 0 Å². The second-order valence-electron chi connectivity index (χ2n) is 3.40. The molecule has 0 aliphatic heterocycles. The van der Waals surface area contributed by atoms with Crippen LogP contribution in [0.1, 0.15) is 5.56 Å². The van der Waals surface area contributed by atoms with Gasteiger partial charge in [-0.15, -0.1) is 0 Å². The first-order valence-electron chi connectivity index (χ1n) is 4.64. The number of nitrogen functional groups attached to an aromatic ring is 1. The Morgan fingerprint density at radius 2 is 2.00 bits per heavy atom. The van der Waals surface area contributed by atoms with E-state index in [9.17, 15) is 8.42 Å². The molecular formula is C8H15N5O2S. The van der Waals surface area contributed by atoms with Gasteiger partial charge in [-0.1, -0.05) is 0 Å². The summed E-state index contributed by atoms with van der Waals surface area (Å²) in [5.74, 6) is 6.40. The normalized spacial score (nSPS) is 11.2. The van der Waals surface area contributed by atoms with Crippen LogP contribution >= 0.6 is 0 Å². The Morgan fingerprint density at radius 1 is 1.38 bits per heavy atom. The fraction of sp³-hybridized carbons (Fsp3) is 0.500. The van der Waals surface area contributed by atoms with Gasteiger partial charge < -0.3 is 10.7 Å². The number of nitrogens with one attached hydrogen (secondary N) is 2. The summed E-state index contributed by atoms with van der Waals surface area (Å²) in [6.45, 7) is 2.10. The van der Waals surface area contributed by atoms with Gasteiger partial charge in [0.2, 0.25) is 0 Å². The number of nitrogens with two attached hydrogens (primary N) is 1. The van der Waals surface area contributed by atoms with Crippen molar-refractivity contribution in [2.75, 3.05) is 29.3 Å². The smallest absolute Gasteiger partial charge is 0.149 e. The average Bonchev–Trinajstić information content (AvgIpc) is 2.19. The van der Waals surface area contributed by atoms with Crippen LogP contribution in [0.3, 0.4) is 0 Å². The Labute approximate surface area is 94.4 Å². The van der Waals surface area contributed by atoms with Gasteiger partial charge in [-0.25, -0.2) is 24.2 Å². The van der Waals surface area contributed by atoms with Crippen molar-refractivity contribution in [2.45, 2.75) is 6.92 Å². The zero-order chi connectivity index (χ0) is 12.2. The topological polar surface area (TPSA) is 110 Å². The van der Waals surface area contributed by atoms with E-state index in [2.05, 4.69) is 20.7 Å². The summed E-state index contributed by atoms with van der Waals surface area (Å²) in [7, 11) is -2.97. The third-order valence-electron chi connectivity index (χ3n) is 1.99. The largest absolute Gasteiger partial charge is 0.369 e. The first kappa shape index (κ1) is 12.7. The number of rotatable bonds is 5. The third-order valence-corrected chi connectivity index (χ3v) is 2.93. The molecule has 7 nitrogen and oxygen atoms in total. The van der Waals surface area contributed by atoms with Crippen molar-refractivity contribution in [3.05, 3.63) is 11.9 Å². The molecule has 0 aliphatic rings. The number of anilines is 2. The first-order chi connectivity index (χ1) is 7.44. The quantitative estimate of drug-likeness (QED) is 0.475. The highest BCUT2D eigenvalue weighted by atomic mass is 32.2. The average molecular weight is 245 g/mol. The van der Waals surface area contributed by atoms with E-state index in [-0.39, 0.29) is 5.75 Å². The summed E-state index contributed by atoms with van der Waals surface area (Å²) in [4.78, 5) is 7.90. The fourth-order valence-electron chi connectivity index (χ4n) is 1.13. The molecule has 0 radical (unpaired) electrons. The lowest BCUT2D eigenvalue weighted by molar-refractivity contribution is 0.602. The summed E-state index contributed by atoms with van der Waals surface area (Å²) in [5, 5.41) is 2.92. The van der Waals surface area contributed by atoms with E-state index >= 15 is 0 Å². The molecule has 4 N–H and O–H groups in total. The molecule has 1 heterocycles. The van der Waals surface area contributed by atoms with E-state index in [1.54, 1.807) is 6.92 Å². The Kier molecular flexibility index (Phi) is 4.02. The van der Waals surface area contributed by atoms with Crippen molar-refractivity contribution in [3.8, 4) is 0 Å². The maximum atomic E-state index is 10.9. The van der Waals surface area contributed by atoms with Gasteiger partial charge in [0.05, 0.1) is 5.75 Å². The molecule has 0 saturated carbocycles. The SMILES string of the molecule is Cc1c(NN)ncnc1NCCS(C)(=O)=O. The molecule has 1 aromatic rings. The van der Waals surface area contributed by atoms with Crippen molar-refractivity contribution in [1.82, 2.24) is 9.97 Å². The molecule has 0 unspecified atom stereocenters. The molecule has 0 bridgehead atoms. The van der Waals surface area contributed by atoms with E-state index in [0.29, 0.717) is 18.2 Å². The van der Waals surface area contributed by atoms with Gasteiger partial charge in [0.1, 0.15) is 27.8 Å². The monoisotopic (exact) mass is 245 g/mol. The zero-order valence-electron chi connectivity index (χ0n) is 9.19. The van der Waals surface area contributed by atoms with Crippen LogP contribution in [0.5, 0.6) is 0 Å². The van der Waals surface area contributed by atoms with Crippen LogP contribution in [0.2, 0.25) is 0 Å². The van der Waals surface area contributed by atoms with Crippen LogP contribution in [-0.4, -0.2) is 36.9 Å². The first-order valence-corrected chi connectivity index (χ1v) is 6.70. The van der Waals surface area contributed by atoms with E-state index < -0.39 is 9.84 Å². The van der Waals surface area contributed by atoms with Gasteiger partial charge in [0, 0.05) is 18.4 Å². The second kappa shape index (κ2) is 5.08. The lowest BCUT2D eigenvalue weighted by Gasteiger charge is -2.10. The molecule has 1 aromatic heterocycles. The van der Waals surface area contributed by atoms with Crippen LogP contribution in [0, 0.1) is 6.92 Å². The Bertz CT molecular complexity index is 459. The van der Waals surface area contributed by atoms with Crippen molar-refractivity contribution < 1.29 is 8.42 Å². The van der Waals surface area contributed by atoms with Crippen LogP contribution < -0.4 is 16.6 Å². The van der Waals surface area contributed by atoms with E-state index in [1.165, 1.54) is 12.6 Å². The van der Waals surface area contributed by atoms with Gasteiger partial charge in [-0.2, -0.15) is 0 Å². The zero-order valence-corrected chi connectivity index (χ0v) is 10.0. The molecule has 16 heavy (non-hydrogen) atoms. The predicted molar refractivity (Wildman–Crippen MR) is 62.8 cm³/mol. The lowest BCUT2D eigenvalue weighted by Crippen LogP contribution is -2.17. The van der Waals surface area contributed by atoms with Crippen LogP contribution in [0.4, 0.5) is 11.6 Å². The standard InChI is InChI=1S/C8H15N5O2S/c1-6-7(10-3-4-16(2,14)15)11-5-12-8(6)13-9/h5H,3-4,9H2,1-2H3,(H2,10,11,12,13). The van der Waals surface area contributed by atoms with Gasteiger partial charge >= 0.3 is 0 Å². The second-order valence-corrected chi connectivity index (χ2v) is 5.66. The van der Waals surface area contributed by atoms with Crippen molar-refractivity contribution in [3.63, 3.8) is 0 Å². The molecule has 90 valence electrons. The van der Waals surface area contributed by atoms with Crippen molar-refractivity contribution in [2.24, 2.45) is 5.84 Å². The van der Waals surface area contributed by atoms with Crippen LogP contribution in [-0.2, 0) is 9.84 Å². The molecule has 0 atom stereocenters. The highest BCUT2D eigenvalue weighted by molar-refractivity contribution is 7.90. The molecule has 0 aromatic carbocycles. The minimum Gasteiger partial charge on any atom is -0.369 e. The lowest BCUT2D eigenvalue weighted by atomic mass is 10.3. The number of nitrogens with zero attached hydrogens (tertiary/aromatic N) is 2. The Balaban J connectivity index is 2.68. The maximum Gasteiger partial charge on any atom is 0.149 e. The molecule has 8 heteroatoms.